The summed E-state index contributed by atoms with van der Waals surface area (Å²) in [6, 6.07) is 7.55. The van der Waals surface area contributed by atoms with Crippen LogP contribution in [0, 0.1) is 5.92 Å². The zero-order valence-electron chi connectivity index (χ0n) is 9.00. The minimum absolute atomic E-state index is 0.0977. The number of carboxylic acid groups (broad SMARTS) is 1. The Morgan fingerprint density at radius 2 is 2.24 bits per heavy atom. The van der Waals surface area contributed by atoms with Gasteiger partial charge in [0.05, 0.1) is 5.92 Å². The van der Waals surface area contributed by atoms with Gasteiger partial charge < -0.3 is 9.52 Å². The van der Waals surface area contributed by atoms with Crippen molar-refractivity contribution in [1.82, 2.24) is 4.98 Å². The maximum absolute atomic E-state index is 10.9. The Kier molecular flexibility index (Phi) is 2.55. The van der Waals surface area contributed by atoms with Gasteiger partial charge in [0, 0.05) is 5.25 Å². The lowest BCUT2D eigenvalue weighted by Gasteiger charge is -2.31. The molecule has 1 aliphatic rings. The molecule has 4 nitrogen and oxygen atoms in total. The number of hydrogen-bond acceptors (Lipinski definition) is 4. The topological polar surface area (TPSA) is 63.3 Å². The smallest absolute Gasteiger partial charge is 0.307 e. The summed E-state index contributed by atoms with van der Waals surface area (Å²) in [5, 5.41) is 9.63. The first kappa shape index (κ1) is 10.7. The minimum atomic E-state index is -0.718. The molecule has 1 fully saturated rings. The van der Waals surface area contributed by atoms with E-state index >= 15 is 0 Å². The lowest BCUT2D eigenvalue weighted by atomic mass is 9.85. The average Bonchev–Trinajstić information content (AvgIpc) is 2.65. The molecule has 2 aromatic rings. The molecule has 0 amide bonds. The first-order chi connectivity index (χ1) is 8.24. The van der Waals surface area contributed by atoms with Crippen LogP contribution in [0.2, 0.25) is 0 Å². The van der Waals surface area contributed by atoms with Gasteiger partial charge in [0.2, 0.25) is 0 Å². The van der Waals surface area contributed by atoms with Crippen molar-refractivity contribution in [2.24, 2.45) is 5.92 Å². The molecule has 17 heavy (non-hydrogen) atoms. The normalized spacial score (nSPS) is 23.5. The van der Waals surface area contributed by atoms with E-state index in [-0.39, 0.29) is 11.2 Å². The maximum Gasteiger partial charge on any atom is 0.307 e. The number of thioether (sulfide) groups is 1. The highest BCUT2D eigenvalue weighted by Crippen LogP contribution is 2.41. The van der Waals surface area contributed by atoms with Gasteiger partial charge in [-0.05, 0) is 25.0 Å². The highest BCUT2D eigenvalue weighted by atomic mass is 32.2. The Morgan fingerprint density at radius 1 is 1.41 bits per heavy atom. The largest absolute Gasteiger partial charge is 0.481 e. The highest BCUT2D eigenvalue weighted by Gasteiger charge is 2.38. The van der Waals surface area contributed by atoms with Gasteiger partial charge in [-0.25, -0.2) is 4.98 Å². The van der Waals surface area contributed by atoms with Gasteiger partial charge in [-0.1, -0.05) is 23.9 Å². The molecule has 1 aromatic heterocycles. The van der Waals surface area contributed by atoms with Crippen molar-refractivity contribution in [1.29, 1.82) is 0 Å². The van der Waals surface area contributed by atoms with E-state index in [1.807, 2.05) is 24.3 Å². The van der Waals surface area contributed by atoms with E-state index in [4.69, 9.17) is 9.52 Å². The van der Waals surface area contributed by atoms with Crippen LogP contribution in [0.25, 0.3) is 11.1 Å². The van der Waals surface area contributed by atoms with Crippen LogP contribution in [-0.4, -0.2) is 21.3 Å². The molecule has 3 rings (SSSR count). The molecule has 2 unspecified atom stereocenters. The van der Waals surface area contributed by atoms with Crippen LogP contribution in [0.5, 0.6) is 0 Å². The molecule has 0 spiro atoms. The van der Waals surface area contributed by atoms with E-state index in [2.05, 4.69) is 4.98 Å². The van der Waals surface area contributed by atoms with Gasteiger partial charge in [-0.15, -0.1) is 0 Å². The van der Waals surface area contributed by atoms with E-state index in [0.717, 1.165) is 23.9 Å². The number of nitrogens with zero attached hydrogens (tertiary/aromatic N) is 1. The second-order valence-corrected chi connectivity index (χ2v) is 5.32. The summed E-state index contributed by atoms with van der Waals surface area (Å²) in [5.74, 6) is -0.972. The molecule has 0 saturated heterocycles. The lowest BCUT2D eigenvalue weighted by Crippen LogP contribution is -2.35. The van der Waals surface area contributed by atoms with Crippen molar-refractivity contribution in [2.45, 2.75) is 23.3 Å². The zero-order chi connectivity index (χ0) is 11.8. The molecule has 1 saturated carbocycles. The zero-order valence-corrected chi connectivity index (χ0v) is 9.81. The van der Waals surface area contributed by atoms with Gasteiger partial charge in [0.15, 0.2) is 5.58 Å². The molecule has 1 N–H and O–H groups in total. The van der Waals surface area contributed by atoms with Crippen molar-refractivity contribution in [3.05, 3.63) is 24.3 Å². The van der Waals surface area contributed by atoms with Crippen molar-refractivity contribution >= 4 is 28.8 Å². The number of aromatic nitrogens is 1. The molecule has 5 heteroatoms. The first-order valence-corrected chi connectivity index (χ1v) is 6.37. The number of hydrogen-bond donors (Lipinski definition) is 1. The van der Waals surface area contributed by atoms with Gasteiger partial charge >= 0.3 is 5.97 Å². The van der Waals surface area contributed by atoms with Crippen LogP contribution in [0.15, 0.2) is 33.9 Å². The fourth-order valence-corrected chi connectivity index (χ4v) is 3.14. The number of oxazole rings is 1. The summed E-state index contributed by atoms with van der Waals surface area (Å²) in [7, 11) is 0. The average molecular weight is 249 g/mol. The van der Waals surface area contributed by atoms with Gasteiger partial charge in [-0.3, -0.25) is 4.79 Å². The van der Waals surface area contributed by atoms with Crippen molar-refractivity contribution in [3.8, 4) is 0 Å². The Morgan fingerprint density at radius 3 is 2.88 bits per heavy atom. The van der Waals surface area contributed by atoms with E-state index in [9.17, 15) is 4.79 Å². The summed E-state index contributed by atoms with van der Waals surface area (Å²) in [6.07, 6.45) is 1.67. The van der Waals surface area contributed by atoms with Crippen LogP contribution >= 0.6 is 11.8 Å². The first-order valence-electron chi connectivity index (χ1n) is 5.49. The summed E-state index contributed by atoms with van der Waals surface area (Å²) in [4.78, 5) is 15.2. The predicted octanol–water partition coefficient (Wildman–Crippen LogP) is 2.78. The number of fused-ring (bicyclic) bond motifs is 1. The van der Waals surface area contributed by atoms with Crippen molar-refractivity contribution < 1.29 is 14.3 Å². The number of carboxylic acids is 1. The lowest BCUT2D eigenvalue weighted by molar-refractivity contribution is -0.144. The van der Waals surface area contributed by atoms with Crippen LogP contribution < -0.4 is 0 Å². The van der Waals surface area contributed by atoms with Gasteiger partial charge in [-0.2, -0.15) is 0 Å². The molecule has 88 valence electrons. The van der Waals surface area contributed by atoms with Crippen LogP contribution in [0.3, 0.4) is 0 Å². The molecular weight excluding hydrogens is 238 g/mol. The number of para-hydroxylation sites is 2. The molecule has 0 radical (unpaired) electrons. The number of rotatable bonds is 3. The predicted molar refractivity (Wildman–Crippen MR) is 64.0 cm³/mol. The third-order valence-corrected chi connectivity index (χ3v) is 4.30. The summed E-state index contributed by atoms with van der Waals surface area (Å²) >= 11 is 1.43. The summed E-state index contributed by atoms with van der Waals surface area (Å²) in [6.45, 7) is 0. The quantitative estimate of drug-likeness (QED) is 0.906. The Hall–Kier alpha value is -1.49. The molecule has 1 aliphatic carbocycles. The monoisotopic (exact) mass is 249 g/mol. The summed E-state index contributed by atoms with van der Waals surface area (Å²) < 4.78 is 5.56. The second kappa shape index (κ2) is 4.07. The van der Waals surface area contributed by atoms with Crippen molar-refractivity contribution in [3.63, 3.8) is 0 Å². The molecular formula is C12H11NO3S. The summed E-state index contributed by atoms with van der Waals surface area (Å²) in [5.41, 5.74) is 1.57. The molecule has 2 atom stereocenters. The van der Waals surface area contributed by atoms with Crippen molar-refractivity contribution in [2.75, 3.05) is 0 Å². The third kappa shape index (κ3) is 1.91. The van der Waals surface area contributed by atoms with E-state index < -0.39 is 5.97 Å². The standard InChI is InChI=1S/C12H11NO3S/c14-11(15)7-5-6-10(7)17-12-13-8-3-1-2-4-9(8)16-12/h1-4,7,10H,5-6H2,(H,14,15). The molecule has 1 heterocycles. The van der Waals surface area contributed by atoms with Crippen LogP contribution in [0.4, 0.5) is 0 Å². The highest BCUT2D eigenvalue weighted by molar-refractivity contribution is 7.99. The SMILES string of the molecule is O=C(O)C1CCC1Sc1nc2ccccc2o1. The minimum Gasteiger partial charge on any atom is -0.481 e. The van der Waals surface area contributed by atoms with E-state index in [1.54, 1.807) is 0 Å². The van der Waals surface area contributed by atoms with Crippen LogP contribution in [0.1, 0.15) is 12.8 Å². The fourth-order valence-electron chi connectivity index (χ4n) is 1.92. The molecule has 1 aromatic carbocycles. The maximum atomic E-state index is 10.9. The van der Waals surface area contributed by atoms with E-state index in [0.29, 0.717) is 5.22 Å². The fraction of sp³-hybridized carbons (Fsp3) is 0.333. The molecule has 0 bridgehead atoms. The number of carbonyl (C=O) groups is 1. The van der Waals surface area contributed by atoms with Gasteiger partial charge in [0.1, 0.15) is 5.52 Å². The second-order valence-electron chi connectivity index (χ2n) is 4.13. The van der Waals surface area contributed by atoms with E-state index in [1.165, 1.54) is 11.8 Å². The van der Waals surface area contributed by atoms with Gasteiger partial charge in [0.25, 0.3) is 5.22 Å². The Labute approximate surface area is 102 Å². The number of aliphatic carboxylic acids is 1. The Bertz CT molecular complexity index is 533. The Balaban J connectivity index is 1.79. The third-order valence-electron chi connectivity index (χ3n) is 3.05. The molecule has 0 aliphatic heterocycles. The van der Waals surface area contributed by atoms with Crippen LogP contribution in [-0.2, 0) is 4.79 Å². The number of benzene rings is 1.